The van der Waals surface area contributed by atoms with E-state index in [2.05, 4.69) is 29.3 Å². The lowest BCUT2D eigenvalue weighted by Crippen LogP contribution is -2.22. The number of likely N-dealkylation sites (tertiary alicyclic amines) is 1. The highest BCUT2D eigenvalue weighted by Gasteiger charge is 2.09. The van der Waals surface area contributed by atoms with Gasteiger partial charge < -0.3 is 15.0 Å². The fourth-order valence-corrected chi connectivity index (χ4v) is 2.53. The van der Waals surface area contributed by atoms with Crippen LogP contribution < -0.4 is 10.1 Å². The molecular weight excluding hydrogens is 224 g/mol. The molecule has 100 valence electrons. The minimum atomic E-state index is 0.956. The van der Waals surface area contributed by atoms with E-state index in [1.807, 2.05) is 6.07 Å². The van der Waals surface area contributed by atoms with E-state index in [-0.39, 0.29) is 0 Å². The average molecular weight is 248 g/mol. The maximum absolute atomic E-state index is 5.26. The summed E-state index contributed by atoms with van der Waals surface area (Å²) in [5.74, 6) is 0.956. The van der Waals surface area contributed by atoms with Crippen molar-refractivity contribution >= 4 is 5.69 Å². The Morgan fingerprint density at radius 1 is 1.28 bits per heavy atom. The van der Waals surface area contributed by atoms with Crippen LogP contribution in [0.2, 0.25) is 0 Å². The lowest BCUT2D eigenvalue weighted by molar-refractivity contribution is 0.337. The van der Waals surface area contributed by atoms with Gasteiger partial charge in [0, 0.05) is 12.2 Å². The Morgan fingerprint density at radius 3 is 2.72 bits per heavy atom. The molecule has 1 aromatic carbocycles. The van der Waals surface area contributed by atoms with Crippen molar-refractivity contribution in [1.29, 1.82) is 0 Å². The second kappa shape index (κ2) is 6.64. The number of aryl methyl sites for hydroxylation is 1. The average Bonchev–Trinajstić information content (AvgIpc) is 2.88. The molecule has 1 heterocycles. The third-order valence-electron chi connectivity index (χ3n) is 3.57. The molecule has 1 fully saturated rings. The van der Waals surface area contributed by atoms with E-state index in [4.69, 9.17) is 4.74 Å². The van der Waals surface area contributed by atoms with Gasteiger partial charge in [0.25, 0.3) is 0 Å². The molecule has 0 spiro atoms. The maximum atomic E-state index is 5.26. The highest BCUT2D eigenvalue weighted by molar-refractivity contribution is 5.50. The van der Waals surface area contributed by atoms with Crippen LogP contribution in [0, 0.1) is 6.92 Å². The van der Waals surface area contributed by atoms with Crippen LogP contribution in [0.4, 0.5) is 5.69 Å². The molecule has 1 aliphatic rings. The number of benzene rings is 1. The van der Waals surface area contributed by atoms with Crippen LogP contribution in [0.15, 0.2) is 18.2 Å². The number of ether oxygens (including phenoxy) is 1. The zero-order valence-corrected chi connectivity index (χ0v) is 11.5. The molecule has 0 aliphatic carbocycles. The Bertz CT molecular complexity index is 373. The van der Waals surface area contributed by atoms with Crippen LogP contribution in [0.1, 0.15) is 24.8 Å². The predicted molar refractivity (Wildman–Crippen MR) is 76.5 cm³/mol. The van der Waals surface area contributed by atoms with Gasteiger partial charge in [0.1, 0.15) is 5.75 Å². The Hall–Kier alpha value is -1.22. The van der Waals surface area contributed by atoms with Crippen LogP contribution >= 0.6 is 0 Å². The molecule has 1 saturated heterocycles. The van der Waals surface area contributed by atoms with Gasteiger partial charge in [-0.1, -0.05) is 0 Å². The Labute approximate surface area is 110 Å². The molecule has 0 unspecified atom stereocenters. The fraction of sp³-hybridized carbons (Fsp3) is 0.600. The van der Waals surface area contributed by atoms with Crippen LogP contribution in [-0.2, 0) is 0 Å². The maximum Gasteiger partial charge on any atom is 0.121 e. The van der Waals surface area contributed by atoms with E-state index in [0.717, 1.165) is 12.3 Å². The molecule has 18 heavy (non-hydrogen) atoms. The van der Waals surface area contributed by atoms with Gasteiger partial charge in [-0.2, -0.15) is 0 Å². The summed E-state index contributed by atoms with van der Waals surface area (Å²) in [6.07, 6.45) is 3.97. The number of hydrogen-bond donors (Lipinski definition) is 1. The number of nitrogens with zero attached hydrogens (tertiary/aromatic N) is 1. The lowest BCUT2D eigenvalue weighted by Gasteiger charge is -2.15. The van der Waals surface area contributed by atoms with E-state index in [0.29, 0.717) is 0 Å². The highest BCUT2D eigenvalue weighted by Crippen LogP contribution is 2.21. The van der Waals surface area contributed by atoms with Gasteiger partial charge in [-0.15, -0.1) is 0 Å². The van der Waals surface area contributed by atoms with Crippen LogP contribution in [0.25, 0.3) is 0 Å². The van der Waals surface area contributed by atoms with Gasteiger partial charge in [0.2, 0.25) is 0 Å². The molecule has 2 rings (SSSR count). The molecule has 1 N–H and O–H groups in total. The summed E-state index contributed by atoms with van der Waals surface area (Å²) in [5.41, 5.74) is 2.37. The van der Waals surface area contributed by atoms with E-state index >= 15 is 0 Å². The molecule has 0 saturated carbocycles. The second-order valence-corrected chi connectivity index (χ2v) is 5.01. The minimum Gasteiger partial charge on any atom is -0.496 e. The van der Waals surface area contributed by atoms with Crippen molar-refractivity contribution in [2.45, 2.75) is 26.2 Å². The van der Waals surface area contributed by atoms with Crippen molar-refractivity contribution in [1.82, 2.24) is 4.90 Å². The van der Waals surface area contributed by atoms with E-state index in [9.17, 15) is 0 Å². The first-order valence-electron chi connectivity index (χ1n) is 6.90. The normalized spacial score (nSPS) is 15.9. The summed E-state index contributed by atoms with van der Waals surface area (Å²) in [7, 11) is 1.71. The summed E-state index contributed by atoms with van der Waals surface area (Å²) in [4.78, 5) is 2.56. The van der Waals surface area contributed by atoms with Gasteiger partial charge in [0.05, 0.1) is 7.11 Å². The van der Waals surface area contributed by atoms with Crippen molar-refractivity contribution in [2.24, 2.45) is 0 Å². The highest BCUT2D eigenvalue weighted by atomic mass is 16.5. The SMILES string of the molecule is COc1ccc(NCCCN2CCCC2)cc1C. The summed E-state index contributed by atoms with van der Waals surface area (Å²) in [6, 6.07) is 6.26. The van der Waals surface area contributed by atoms with Gasteiger partial charge in [-0.05, 0) is 69.6 Å². The number of rotatable bonds is 6. The van der Waals surface area contributed by atoms with Crippen molar-refractivity contribution < 1.29 is 4.74 Å². The fourth-order valence-electron chi connectivity index (χ4n) is 2.53. The van der Waals surface area contributed by atoms with Crippen LogP contribution in [0.5, 0.6) is 5.75 Å². The molecule has 0 bridgehead atoms. The molecule has 0 atom stereocenters. The van der Waals surface area contributed by atoms with Gasteiger partial charge in [-0.3, -0.25) is 0 Å². The molecule has 1 aromatic rings. The van der Waals surface area contributed by atoms with Crippen molar-refractivity contribution in [3.05, 3.63) is 23.8 Å². The monoisotopic (exact) mass is 248 g/mol. The number of hydrogen-bond acceptors (Lipinski definition) is 3. The predicted octanol–water partition coefficient (Wildman–Crippen LogP) is 2.90. The minimum absolute atomic E-state index is 0.956. The smallest absolute Gasteiger partial charge is 0.121 e. The van der Waals surface area contributed by atoms with Crippen molar-refractivity contribution in [3.8, 4) is 5.75 Å². The molecule has 1 aliphatic heterocycles. The summed E-state index contributed by atoms with van der Waals surface area (Å²) >= 11 is 0. The number of anilines is 1. The first-order chi connectivity index (χ1) is 8.79. The lowest BCUT2D eigenvalue weighted by atomic mass is 10.2. The largest absolute Gasteiger partial charge is 0.496 e. The second-order valence-electron chi connectivity index (χ2n) is 5.01. The number of nitrogens with one attached hydrogen (secondary N) is 1. The zero-order valence-electron chi connectivity index (χ0n) is 11.5. The topological polar surface area (TPSA) is 24.5 Å². The van der Waals surface area contributed by atoms with Gasteiger partial charge in [0.15, 0.2) is 0 Å². The molecular formula is C15H24N2O. The van der Waals surface area contributed by atoms with E-state index in [1.54, 1.807) is 7.11 Å². The molecule has 0 radical (unpaired) electrons. The van der Waals surface area contributed by atoms with Gasteiger partial charge in [-0.25, -0.2) is 0 Å². The summed E-state index contributed by atoms with van der Waals surface area (Å²) in [5, 5.41) is 3.48. The zero-order chi connectivity index (χ0) is 12.8. The molecule has 0 amide bonds. The first kappa shape index (κ1) is 13.2. The Balaban J connectivity index is 1.71. The van der Waals surface area contributed by atoms with Crippen LogP contribution in [-0.4, -0.2) is 38.2 Å². The molecule has 3 heteroatoms. The third-order valence-corrected chi connectivity index (χ3v) is 3.57. The Kier molecular flexibility index (Phi) is 4.88. The molecule has 0 aromatic heterocycles. The van der Waals surface area contributed by atoms with E-state index < -0.39 is 0 Å². The summed E-state index contributed by atoms with van der Waals surface area (Å²) in [6.45, 7) is 6.93. The first-order valence-corrected chi connectivity index (χ1v) is 6.90. The van der Waals surface area contributed by atoms with Crippen LogP contribution in [0.3, 0.4) is 0 Å². The van der Waals surface area contributed by atoms with E-state index in [1.165, 1.54) is 50.1 Å². The van der Waals surface area contributed by atoms with Crippen molar-refractivity contribution in [2.75, 3.05) is 38.6 Å². The van der Waals surface area contributed by atoms with Crippen molar-refractivity contribution in [3.63, 3.8) is 0 Å². The quantitative estimate of drug-likeness (QED) is 0.783. The third kappa shape index (κ3) is 3.64. The standard InChI is InChI=1S/C15H24N2O/c1-13-12-14(6-7-15(13)18-2)16-8-5-11-17-9-3-4-10-17/h6-7,12,16H,3-5,8-11H2,1-2H3. The summed E-state index contributed by atoms with van der Waals surface area (Å²) < 4.78 is 5.26. The molecule has 3 nitrogen and oxygen atoms in total. The Morgan fingerprint density at radius 2 is 2.06 bits per heavy atom. The van der Waals surface area contributed by atoms with Gasteiger partial charge >= 0.3 is 0 Å². The number of methoxy groups -OCH3 is 1.